The maximum absolute atomic E-state index is 11.9. The Kier molecular flexibility index (Phi) is 7.18. The largest absolute Gasteiger partial charge is 0.366 e. The minimum absolute atomic E-state index is 0. The summed E-state index contributed by atoms with van der Waals surface area (Å²) in [5, 5.41) is 6.00. The first-order valence-corrected chi connectivity index (χ1v) is 5.93. The van der Waals surface area contributed by atoms with Crippen LogP contribution in [0.5, 0.6) is 0 Å². The summed E-state index contributed by atoms with van der Waals surface area (Å²) in [6.45, 7) is 5.38. The van der Waals surface area contributed by atoms with Crippen LogP contribution in [0.15, 0.2) is 12.3 Å². The molecule has 1 atom stereocenters. The van der Waals surface area contributed by atoms with Crippen LogP contribution in [-0.4, -0.2) is 35.5 Å². The van der Waals surface area contributed by atoms with Crippen molar-refractivity contribution >= 4 is 24.2 Å². The van der Waals surface area contributed by atoms with Gasteiger partial charge in [-0.15, -0.1) is 12.4 Å². The number of primary amides is 1. The lowest BCUT2D eigenvalue weighted by atomic mass is 10.3. The number of nitrogens with one attached hydrogen (secondary N) is 2. The number of rotatable bonds is 6. The second-order valence-corrected chi connectivity index (χ2v) is 4.26. The SMILES string of the molecule is CCN[C@H](C)CNC(=O)c1cc(C(N)=O)cn1C.Cl. The maximum Gasteiger partial charge on any atom is 0.267 e. The summed E-state index contributed by atoms with van der Waals surface area (Å²) < 4.78 is 1.59. The molecule has 1 heterocycles. The highest BCUT2D eigenvalue weighted by Gasteiger charge is 2.14. The first kappa shape index (κ1) is 17.5. The van der Waals surface area contributed by atoms with Gasteiger partial charge in [-0.1, -0.05) is 6.92 Å². The van der Waals surface area contributed by atoms with Crippen LogP contribution in [0.3, 0.4) is 0 Å². The quantitative estimate of drug-likeness (QED) is 0.702. The van der Waals surface area contributed by atoms with Crippen molar-refractivity contribution in [3.8, 4) is 0 Å². The number of halogens is 1. The summed E-state index contributed by atoms with van der Waals surface area (Å²) >= 11 is 0. The fourth-order valence-electron chi connectivity index (χ4n) is 1.68. The molecule has 0 bridgehead atoms. The van der Waals surface area contributed by atoms with Crippen molar-refractivity contribution in [2.45, 2.75) is 19.9 Å². The summed E-state index contributed by atoms with van der Waals surface area (Å²) in [6.07, 6.45) is 1.55. The van der Waals surface area contributed by atoms with Crippen LogP contribution in [0.4, 0.5) is 0 Å². The topological polar surface area (TPSA) is 89.2 Å². The van der Waals surface area contributed by atoms with Crippen LogP contribution in [0.25, 0.3) is 0 Å². The molecule has 0 aromatic carbocycles. The number of aryl methyl sites for hydroxylation is 1. The van der Waals surface area contributed by atoms with E-state index in [-0.39, 0.29) is 24.4 Å². The summed E-state index contributed by atoms with van der Waals surface area (Å²) in [4.78, 5) is 22.9. The van der Waals surface area contributed by atoms with Crippen molar-refractivity contribution in [2.75, 3.05) is 13.1 Å². The standard InChI is InChI=1S/C12H20N4O2.ClH/c1-4-14-8(2)6-15-12(18)10-5-9(11(13)17)7-16(10)3;/h5,7-8,14H,4,6H2,1-3H3,(H2,13,17)(H,15,18);1H/t8-;/m1./s1. The monoisotopic (exact) mass is 288 g/mol. The van der Waals surface area contributed by atoms with Gasteiger partial charge in [0.15, 0.2) is 0 Å². The van der Waals surface area contributed by atoms with Gasteiger partial charge >= 0.3 is 0 Å². The summed E-state index contributed by atoms with van der Waals surface area (Å²) in [6, 6.07) is 1.70. The first-order chi connectivity index (χ1) is 8.45. The Morgan fingerprint density at radius 2 is 2.11 bits per heavy atom. The van der Waals surface area contributed by atoms with Gasteiger partial charge in [0.1, 0.15) is 5.69 Å². The third kappa shape index (κ3) is 4.92. The number of nitrogens with two attached hydrogens (primary N) is 1. The van der Waals surface area contributed by atoms with Crippen LogP contribution in [0.2, 0.25) is 0 Å². The zero-order chi connectivity index (χ0) is 13.7. The van der Waals surface area contributed by atoms with Gasteiger partial charge in [-0.2, -0.15) is 0 Å². The van der Waals surface area contributed by atoms with E-state index in [1.54, 1.807) is 17.8 Å². The summed E-state index contributed by atoms with van der Waals surface area (Å²) in [7, 11) is 1.70. The molecule has 19 heavy (non-hydrogen) atoms. The average Bonchev–Trinajstić information content (AvgIpc) is 2.69. The maximum atomic E-state index is 11.9. The highest BCUT2D eigenvalue weighted by atomic mass is 35.5. The van der Waals surface area contributed by atoms with E-state index in [0.29, 0.717) is 17.8 Å². The highest BCUT2D eigenvalue weighted by Crippen LogP contribution is 2.06. The van der Waals surface area contributed by atoms with Gasteiger partial charge in [0.25, 0.3) is 5.91 Å². The molecule has 0 spiro atoms. The van der Waals surface area contributed by atoms with Gasteiger partial charge in [0.2, 0.25) is 5.91 Å². The van der Waals surface area contributed by atoms with E-state index in [9.17, 15) is 9.59 Å². The van der Waals surface area contributed by atoms with E-state index in [0.717, 1.165) is 6.54 Å². The molecule has 1 rings (SSSR count). The van der Waals surface area contributed by atoms with Crippen LogP contribution in [-0.2, 0) is 7.05 Å². The lowest BCUT2D eigenvalue weighted by Gasteiger charge is -2.13. The molecule has 0 radical (unpaired) electrons. The molecular formula is C12H21ClN4O2. The fourth-order valence-corrected chi connectivity index (χ4v) is 1.68. The average molecular weight is 289 g/mol. The Morgan fingerprint density at radius 1 is 1.47 bits per heavy atom. The molecule has 6 nitrogen and oxygen atoms in total. The zero-order valence-corrected chi connectivity index (χ0v) is 12.2. The zero-order valence-electron chi connectivity index (χ0n) is 11.4. The Labute approximate surface area is 119 Å². The van der Waals surface area contributed by atoms with Gasteiger partial charge in [0.05, 0.1) is 5.56 Å². The molecule has 7 heteroatoms. The molecule has 0 saturated carbocycles. The lowest BCUT2D eigenvalue weighted by molar-refractivity contribution is 0.0941. The van der Waals surface area contributed by atoms with Crippen molar-refractivity contribution in [3.63, 3.8) is 0 Å². The molecule has 0 aliphatic heterocycles. The minimum atomic E-state index is -0.536. The van der Waals surface area contributed by atoms with Gasteiger partial charge < -0.3 is 20.9 Å². The number of carbonyl (C=O) groups excluding carboxylic acids is 2. The number of nitrogens with zero attached hydrogens (tertiary/aromatic N) is 1. The minimum Gasteiger partial charge on any atom is -0.366 e. The molecule has 0 unspecified atom stereocenters. The first-order valence-electron chi connectivity index (χ1n) is 5.93. The Hall–Kier alpha value is -1.53. The normalized spacial score (nSPS) is 11.5. The fraction of sp³-hybridized carbons (Fsp3) is 0.500. The van der Waals surface area contributed by atoms with Crippen LogP contribution in [0.1, 0.15) is 34.7 Å². The molecule has 4 N–H and O–H groups in total. The predicted molar refractivity (Wildman–Crippen MR) is 76.7 cm³/mol. The van der Waals surface area contributed by atoms with Gasteiger partial charge in [-0.05, 0) is 19.5 Å². The number of hydrogen-bond donors (Lipinski definition) is 3. The number of hydrogen-bond acceptors (Lipinski definition) is 3. The van der Waals surface area contributed by atoms with E-state index >= 15 is 0 Å². The van der Waals surface area contributed by atoms with E-state index in [1.807, 2.05) is 13.8 Å². The van der Waals surface area contributed by atoms with Gasteiger partial charge in [-0.25, -0.2) is 0 Å². The third-order valence-electron chi connectivity index (χ3n) is 2.64. The molecule has 108 valence electrons. The van der Waals surface area contributed by atoms with Crippen LogP contribution in [0, 0.1) is 0 Å². The molecule has 0 saturated heterocycles. The Morgan fingerprint density at radius 3 is 2.58 bits per heavy atom. The van der Waals surface area contributed by atoms with E-state index in [1.165, 1.54) is 6.07 Å². The smallest absolute Gasteiger partial charge is 0.267 e. The van der Waals surface area contributed by atoms with Crippen molar-refractivity contribution < 1.29 is 9.59 Å². The molecule has 1 aromatic rings. The molecule has 0 fully saturated rings. The van der Waals surface area contributed by atoms with Crippen LogP contribution < -0.4 is 16.4 Å². The summed E-state index contributed by atoms with van der Waals surface area (Å²) in [5.41, 5.74) is 5.92. The number of amides is 2. The lowest BCUT2D eigenvalue weighted by Crippen LogP contribution is -2.39. The Bertz CT molecular complexity index is 445. The molecule has 2 amide bonds. The van der Waals surface area contributed by atoms with Crippen molar-refractivity contribution in [2.24, 2.45) is 12.8 Å². The van der Waals surface area contributed by atoms with E-state index in [2.05, 4.69) is 10.6 Å². The summed E-state index contributed by atoms with van der Waals surface area (Å²) in [5.74, 6) is -0.750. The van der Waals surface area contributed by atoms with E-state index in [4.69, 9.17) is 5.73 Å². The highest BCUT2D eigenvalue weighted by molar-refractivity contribution is 5.98. The molecule has 0 aliphatic carbocycles. The second-order valence-electron chi connectivity index (χ2n) is 4.26. The van der Waals surface area contributed by atoms with E-state index < -0.39 is 5.91 Å². The second kappa shape index (κ2) is 7.81. The van der Waals surface area contributed by atoms with Crippen molar-refractivity contribution in [3.05, 3.63) is 23.5 Å². The van der Waals surface area contributed by atoms with Crippen LogP contribution >= 0.6 is 12.4 Å². The van der Waals surface area contributed by atoms with Crippen molar-refractivity contribution in [1.82, 2.24) is 15.2 Å². The predicted octanol–water partition coefficient (Wildman–Crippen LogP) is 0.274. The Balaban J connectivity index is 0.00000324. The molecule has 0 aliphatic rings. The number of aromatic nitrogens is 1. The third-order valence-corrected chi connectivity index (χ3v) is 2.64. The van der Waals surface area contributed by atoms with Gasteiger partial charge in [-0.3, -0.25) is 9.59 Å². The number of carbonyl (C=O) groups is 2. The van der Waals surface area contributed by atoms with Crippen molar-refractivity contribution in [1.29, 1.82) is 0 Å². The number of likely N-dealkylation sites (N-methyl/N-ethyl adjacent to an activating group) is 1. The van der Waals surface area contributed by atoms with Gasteiger partial charge in [0, 0.05) is 25.8 Å². The molecular weight excluding hydrogens is 268 g/mol. The molecule has 1 aromatic heterocycles.